The molecule has 1 saturated heterocycles. The maximum absolute atomic E-state index is 12.7. The predicted molar refractivity (Wildman–Crippen MR) is 107 cm³/mol. The van der Waals surface area contributed by atoms with Gasteiger partial charge in [-0.3, -0.25) is 4.79 Å². The second-order valence-electron chi connectivity index (χ2n) is 6.74. The van der Waals surface area contributed by atoms with E-state index < -0.39 is 16.0 Å². The van der Waals surface area contributed by atoms with E-state index in [0.29, 0.717) is 37.6 Å². The van der Waals surface area contributed by atoms with Crippen molar-refractivity contribution in [3.05, 3.63) is 59.7 Å². The highest BCUT2D eigenvalue weighted by molar-refractivity contribution is 7.89. The van der Waals surface area contributed by atoms with Crippen LogP contribution in [0.15, 0.2) is 53.4 Å². The Balaban J connectivity index is 1.49. The van der Waals surface area contributed by atoms with Crippen LogP contribution >= 0.6 is 0 Å². The van der Waals surface area contributed by atoms with E-state index in [1.54, 1.807) is 24.3 Å². The van der Waals surface area contributed by atoms with Gasteiger partial charge in [-0.2, -0.15) is 4.31 Å². The van der Waals surface area contributed by atoms with Gasteiger partial charge in [0.1, 0.15) is 12.4 Å². The zero-order valence-electron chi connectivity index (χ0n) is 16.4. The third-order valence-electron chi connectivity index (χ3n) is 4.50. The maximum atomic E-state index is 12.7. The van der Waals surface area contributed by atoms with Gasteiger partial charge in [0.15, 0.2) is 0 Å². The number of esters is 1. The molecule has 3 rings (SSSR count). The molecule has 0 unspecified atom stereocenters. The van der Waals surface area contributed by atoms with Crippen LogP contribution < -0.4 is 4.74 Å². The molecule has 0 aromatic heterocycles. The number of hydrogen-bond acceptors (Lipinski definition) is 6. The van der Waals surface area contributed by atoms with E-state index in [0.717, 1.165) is 5.56 Å². The van der Waals surface area contributed by atoms with Crippen molar-refractivity contribution in [2.75, 3.05) is 32.9 Å². The molecule has 1 aliphatic heterocycles. The number of aryl methyl sites for hydroxylation is 1. The molecule has 0 atom stereocenters. The van der Waals surface area contributed by atoms with Gasteiger partial charge in [0.25, 0.3) is 0 Å². The Kier molecular flexibility index (Phi) is 7.24. The molecule has 0 bridgehead atoms. The Morgan fingerprint density at radius 2 is 1.83 bits per heavy atom. The van der Waals surface area contributed by atoms with Gasteiger partial charge in [-0.25, -0.2) is 8.42 Å². The highest BCUT2D eigenvalue weighted by Gasteiger charge is 2.26. The summed E-state index contributed by atoms with van der Waals surface area (Å²) < 4.78 is 42.8. The van der Waals surface area contributed by atoms with Crippen LogP contribution in [-0.4, -0.2) is 51.6 Å². The minimum Gasteiger partial charge on any atom is -0.493 e. The van der Waals surface area contributed by atoms with Crippen molar-refractivity contribution in [3.8, 4) is 5.75 Å². The molecule has 7 nitrogen and oxygen atoms in total. The van der Waals surface area contributed by atoms with E-state index in [-0.39, 0.29) is 24.5 Å². The number of rotatable bonds is 8. The monoisotopic (exact) mass is 419 g/mol. The topological polar surface area (TPSA) is 82.1 Å². The van der Waals surface area contributed by atoms with E-state index in [4.69, 9.17) is 14.2 Å². The molecule has 2 aromatic rings. The van der Waals surface area contributed by atoms with Crippen molar-refractivity contribution in [2.24, 2.45) is 0 Å². The molecule has 0 aliphatic carbocycles. The first kappa shape index (κ1) is 21.3. The van der Waals surface area contributed by atoms with Crippen molar-refractivity contribution >= 4 is 16.0 Å². The van der Waals surface area contributed by atoms with Gasteiger partial charge in [0.2, 0.25) is 10.0 Å². The van der Waals surface area contributed by atoms with Gasteiger partial charge in [0.05, 0.1) is 31.1 Å². The lowest BCUT2D eigenvalue weighted by molar-refractivity contribution is -0.145. The van der Waals surface area contributed by atoms with Crippen molar-refractivity contribution in [3.63, 3.8) is 0 Å². The quantitative estimate of drug-likeness (QED) is 0.612. The number of sulfonamides is 1. The summed E-state index contributed by atoms with van der Waals surface area (Å²) in [5, 5.41) is 0. The SMILES string of the molecule is Cc1ccc(OCCC(=O)OCc2cccc(S(=O)(=O)N3CCOCC3)c2)cc1. The Labute approximate surface area is 171 Å². The van der Waals surface area contributed by atoms with Gasteiger partial charge in [-0.05, 0) is 36.8 Å². The van der Waals surface area contributed by atoms with Gasteiger partial charge in [0, 0.05) is 13.1 Å². The number of carbonyl (C=O) groups excluding carboxylic acids is 1. The van der Waals surface area contributed by atoms with Crippen LogP contribution in [0.25, 0.3) is 0 Å². The zero-order chi connectivity index (χ0) is 20.7. The van der Waals surface area contributed by atoms with Crippen LogP contribution in [0.4, 0.5) is 0 Å². The van der Waals surface area contributed by atoms with Crippen LogP contribution in [0, 0.1) is 6.92 Å². The largest absolute Gasteiger partial charge is 0.493 e. The summed E-state index contributed by atoms with van der Waals surface area (Å²) in [7, 11) is -3.58. The molecule has 1 fully saturated rings. The van der Waals surface area contributed by atoms with Crippen molar-refractivity contribution < 1.29 is 27.4 Å². The zero-order valence-corrected chi connectivity index (χ0v) is 17.2. The van der Waals surface area contributed by atoms with Gasteiger partial charge in [-0.15, -0.1) is 0 Å². The summed E-state index contributed by atoms with van der Waals surface area (Å²) in [5.41, 5.74) is 1.75. The van der Waals surface area contributed by atoms with E-state index in [1.165, 1.54) is 4.31 Å². The first-order chi connectivity index (χ1) is 13.9. The van der Waals surface area contributed by atoms with Crippen LogP contribution in [0.3, 0.4) is 0 Å². The standard InChI is InChI=1S/C21H25NO6S/c1-17-5-7-19(8-6-17)27-12-9-21(23)28-16-18-3-2-4-20(15-18)29(24,25)22-10-13-26-14-11-22/h2-8,15H,9-14,16H2,1H3. The number of benzene rings is 2. The summed E-state index contributed by atoms with van der Waals surface area (Å²) in [6.45, 7) is 3.67. The highest BCUT2D eigenvalue weighted by atomic mass is 32.2. The fraction of sp³-hybridized carbons (Fsp3) is 0.381. The summed E-state index contributed by atoms with van der Waals surface area (Å²) in [5.74, 6) is 0.294. The predicted octanol–water partition coefficient (Wildman–Crippen LogP) is 2.53. The average molecular weight is 419 g/mol. The first-order valence-electron chi connectivity index (χ1n) is 9.47. The molecule has 2 aromatic carbocycles. The second-order valence-corrected chi connectivity index (χ2v) is 8.67. The smallest absolute Gasteiger partial charge is 0.309 e. The van der Waals surface area contributed by atoms with Gasteiger partial charge < -0.3 is 14.2 Å². The molecule has 1 aliphatic rings. The molecule has 0 amide bonds. The molecule has 156 valence electrons. The number of morpholine rings is 1. The van der Waals surface area contributed by atoms with Crippen LogP contribution in [-0.2, 0) is 30.9 Å². The lowest BCUT2D eigenvalue weighted by Crippen LogP contribution is -2.40. The molecular formula is C21H25NO6S. The maximum Gasteiger partial charge on any atom is 0.309 e. The number of ether oxygens (including phenoxy) is 3. The average Bonchev–Trinajstić information content (AvgIpc) is 2.74. The van der Waals surface area contributed by atoms with E-state index in [9.17, 15) is 13.2 Å². The molecule has 0 spiro atoms. The normalized spacial score (nSPS) is 15.1. The minimum absolute atomic E-state index is 0.00976. The summed E-state index contributed by atoms with van der Waals surface area (Å²) in [6, 6.07) is 14.0. The molecule has 8 heteroatoms. The highest BCUT2D eigenvalue weighted by Crippen LogP contribution is 2.19. The molecule has 0 saturated carbocycles. The summed E-state index contributed by atoms with van der Waals surface area (Å²) >= 11 is 0. The fourth-order valence-corrected chi connectivity index (χ4v) is 4.33. The Morgan fingerprint density at radius 3 is 2.55 bits per heavy atom. The van der Waals surface area contributed by atoms with Crippen LogP contribution in [0.1, 0.15) is 17.5 Å². The Bertz CT molecular complexity index is 920. The minimum atomic E-state index is -3.58. The Hall–Kier alpha value is -2.42. The lowest BCUT2D eigenvalue weighted by Gasteiger charge is -2.26. The third-order valence-corrected chi connectivity index (χ3v) is 6.40. The second kappa shape index (κ2) is 9.87. The summed E-state index contributed by atoms with van der Waals surface area (Å²) in [6.07, 6.45) is 0.111. The van der Waals surface area contributed by atoms with E-state index in [2.05, 4.69) is 0 Å². The number of hydrogen-bond donors (Lipinski definition) is 0. The number of carbonyl (C=O) groups is 1. The van der Waals surface area contributed by atoms with Crippen molar-refractivity contribution in [2.45, 2.75) is 24.8 Å². The summed E-state index contributed by atoms with van der Waals surface area (Å²) in [4.78, 5) is 12.1. The van der Waals surface area contributed by atoms with E-state index >= 15 is 0 Å². The fourth-order valence-electron chi connectivity index (χ4n) is 2.85. The molecule has 0 N–H and O–H groups in total. The first-order valence-corrected chi connectivity index (χ1v) is 10.9. The Morgan fingerprint density at radius 1 is 1.10 bits per heavy atom. The van der Waals surface area contributed by atoms with Gasteiger partial charge in [-0.1, -0.05) is 29.8 Å². The van der Waals surface area contributed by atoms with Crippen molar-refractivity contribution in [1.82, 2.24) is 4.31 Å². The molecular weight excluding hydrogens is 394 g/mol. The third kappa shape index (κ3) is 6.03. The lowest BCUT2D eigenvalue weighted by atomic mass is 10.2. The molecule has 1 heterocycles. The number of nitrogens with zero attached hydrogens (tertiary/aromatic N) is 1. The van der Waals surface area contributed by atoms with E-state index in [1.807, 2.05) is 31.2 Å². The molecule has 29 heavy (non-hydrogen) atoms. The van der Waals surface area contributed by atoms with Crippen molar-refractivity contribution in [1.29, 1.82) is 0 Å². The van der Waals surface area contributed by atoms with Crippen LogP contribution in [0.2, 0.25) is 0 Å². The van der Waals surface area contributed by atoms with Crippen LogP contribution in [0.5, 0.6) is 5.75 Å². The van der Waals surface area contributed by atoms with Gasteiger partial charge >= 0.3 is 5.97 Å². The molecule has 0 radical (unpaired) electrons.